The monoisotopic (exact) mass is 328 g/mol. The fraction of sp³-hybridized carbons (Fsp3) is 0.167. The van der Waals surface area contributed by atoms with Gasteiger partial charge in [-0.15, -0.1) is 0 Å². The van der Waals surface area contributed by atoms with Gasteiger partial charge in [0.1, 0.15) is 10.4 Å². The van der Waals surface area contributed by atoms with E-state index in [-0.39, 0.29) is 12.3 Å². The highest BCUT2D eigenvalue weighted by Gasteiger charge is 2.20. The summed E-state index contributed by atoms with van der Waals surface area (Å²) in [5.74, 6) is -0.569. The number of aliphatic carboxylic acids is 1. The van der Waals surface area contributed by atoms with Crippen molar-refractivity contribution in [3.8, 4) is 0 Å². The zero-order valence-corrected chi connectivity index (χ0v) is 11.6. The van der Waals surface area contributed by atoms with Gasteiger partial charge < -0.3 is 10.1 Å². The van der Waals surface area contributed by atoms with Crippen LogP contribution in [0.1, 0.15) is 23.7 Å². The third-order valence-corrected chi connectivity index (χ3v) is 3.20. The van der Waals surface area contributed by atoms with Gasteiger partial charge in [0.25, 0.3) is 0 Å². The van der Waals surface area contributed by atoms with Crippen molar-refractivity contribution in [2.24, 2.45) is 0 Å². The van der Waals surface area contributed by atoms with Crippen molar-refractivity contribution in [2.45, 2.75) is 12.3 Å². The Bertz CT molecular complexity index is 553. The fourth-order valence-electron chi connectivity index (χ4n) is 1.73. The van der Waals surface area contributed by atoms with Crippen LogP contribution in [-0.4, -0.2) is 21.0 Å². The minimum atomic E-state index is -0.873. The van der Waals surface area contributed by atoms with Crippen molar-refractivity contribution in [3.63, 3.8) is 0 Å². The summed E-state index contributed by atoms with van der Waals surface area (Å²) < 4.78 is 0.724. The first kappa shape index (κ1) is 13.1. The summed E-state index contributed by atoms with van der Waals surface area (Å²) in [6.45, 7) is 0. The standard InChI is InChI=1S/C12H10BrClN2O2/c13-10-6-15-12(16-10)9(5-11(17)18)7-1-3-8(14)4-2-7/h1-4,6,9H,5H2,(H,15,16)(H,17,18). The van der Waals surface area contributed by atoms with Crippen LogP contribution in [0.4, 0.5) is 0 Å². The topological polar surface area (TPSA) is 66.0 Å². The van der Waals surface area contributed by atoms with Gasteiger partial charge in [-0.2, -0.15) is 0 Å². The van der Waals surface area contributed by atoms with E-state index in [9.17, 15) is 4.79 Å². The van der Waals surface area contributed by atoms with E-state index in [0.29, 0.717) is 10.8 Å². The van der Waals surface area contributed by atoms with E-state index in [4.69, 9.17) is 16.7 Å². The Morgan fingerprint density at radius 3 is 2.61 bits per heavy atom. The number of aromatic nitrogens is 2. The summed E-state index contributed by atoms with van der Waals surface area (Å²) in [6.07, 6.45) is 1.59. The molecule has 0 fully saturated rings. The number of nitrogens with one attached hydrogen (secondary N) is 1. The number of imidazole rings is 1. The molecular formula is C12H10BrClN2O2. The molecule has 0 aliphatic heterocycles. The molecule has 94 valence electrons. The third kappa shape index (κ3) is 3.11. The van der Waals surface area contributed by atoms with Gasteiger partial charge in [0.15, 0.2) is 0 Å². The number of carboxylic acid groups (broad SMARTS) is 1. The average Bonchev–Trinajstić information content (AvgIpc) is 2.74. The van der Waals surface area contributed by atoms with Crippen molar-refractivity contribution < 1.29 is 9.90 Å². The number of aromatic amines is 1. The molecule has 0 saturated carbocycles. The first-order chi connectivity index (χ1) is 8.56. The van der Waals surface area contributed by atoms with Gasteiger partial charge in [-0.3, -0.25) is 4.79 Å². The van der Waals surface area contributed by atoms with Crippen LogP contribution in [0.5, 0.6) is 0 Å². The minimum absolute atomic E-state index is 0.0262. The number of carboxylic acids is 1. The van der Waals surface area contributed by atoms with Crippen molar-refractivity contribution in [2.75, 3.05) is 0 Å². The van der Waals surface area contributed by atoms with Crippen LogP contribution in [0.15, 0.2) is 35.1 Å². The number of carbonyl (C=O) groups is 1. The zero-order chi connectivity index (χ0) is 13.1. The van der Waals surface area contributed by atoms with E-state index in [1.54, 1.807) is 18.3 Å². The molecule has 1 atom stereocenters. The molecule has 6 heteroatoms. The van der Waals surface area contributed by atoms with Crippen molar-refractivity contribution in [1.82, 2.24) is 9.97 Å². The number of nitrogens with zero attached hydrogens (tertiary/aromatic N) is 1. The molecule has 1 heterocycles. The molecule has 4 nitrogen and oxygen atoms in total. The molecule has 0 aliphatic carbocycles. The number of rotatable bonds is 4. The maximum Gasteiger partial charge on any atom is 0.304 e. The van der Waals surface area contributed by atoms with Crippen LogP contribution in [-0.2, 0) is 4.79 Å². The van der Waals surface area contributed by atoms with Gasteiger partial charge in [-0.05, 0) is 33.6 Å². The molecule has 18 heavy (non-hydrogen) atoms. The molecule has 1 aromatic heterocycles. The predicted octanol–water partition coefficient (Wildman–Crippen LogP) is 3.43. The van der Waals surface area contributed by atoms with E-state index in [1.807, 2.05) is 12.1 Å². The first-order valence-corrected chi connectivity index (χ1v) is 6.41. The maximum absolute atomic E-state index is 11.0. The summed E-state index contributed by atoms with van der Waals surface area (Å²) in [5, 5.41) is 9.61. The van der Waals surface area contributed by atoms with Crippen molar-refractivity contribution >= 4 is 33.5 Å². The Morgan fingerprint density at radius 1 is 1.44 bits per heavy atom. The average molecular weight is 330 g/mol. The normalized spacial score (nSPS) is 12.3. The lowest BCUT2D eigenvalue weighted by Gasteiger charge is -2.12. The SMILES string of the molecule is O=C(O)CC(c1ccc(Cl)cc1)c1ncc(Br)[nH]1. The molecule has 1 unspecified atom stereocenters. The van der Waals surface area contributed by atoms with Gasteiger partial charge in [0.05, 0.1) is 18.5 Å². The van der Waals surface area contributed by atoms with Gasteiger partial charge in [-0.1, -0.05) is 23.7 Å². The second-order valence-corrected chi connectivity index (χ2v) is 5.11. The van der Waals surface area contributed by atoms with Crippen LogP contribution < -0.4 is 0 Å². The highest BCUT2D eigenvalue weighted by molar-refractivity contribution is 9.10. The summed E-state index contributed by atoms with van der Waals surface area (Å²) in [6, 6.07) is 7.10. The second-order valence-electron chi connectivity index (χ2n) is 3.82. The van der Waals surface area contributed by atoms with Crippen molar-refractivity contribution in [3.05, 3.63) is 51.5 Å². The van der Waals surface area contributed by atoms with E-state index in [2.05, 4.69) is 25.9 Å². The highest BCUT2D eigenvalue weighted by Crippen LogP contribution is 2.27. The van der Waals surface area contributed by atoms with Crippen LogP contribution in [0.2, 0.25) is 5.02 Å². The molecule has 1 aromatic carbocycles. The summed E-state index contributed by atoms with van der Waals surface area (Å²) in [5.41, 5.74) is 0.864. The van der Waals surface area contributed by atoms with E-state index < -0.39 is 5.97 Å². The Kier molecular flexibility index (Phi) is 4.04. The Labute approximate surface area is 117 Å². The van der Waals surface area contributed by atoms with E-state index >= 15 is 0 Å². The predicted molar refractivity (Wildman–Crippen MR) is 71.8 cm³/mol. The smallest absolute Gasteiger partial charge is 0.304 e. The quantitative estimate of drug-likeness (QED) is 0.903. The minimum Gasteiger partial charge on any atom is -0.481 e. The Morgan fingerprint density at radius 2 is 2.11 bits per heavy atom. The maximum atomic E-state index is 11.0. The first-order valence-electron chi connectivity index (χ1n) is 5.24. The molecule has 2 N–H and O–H groups in total. The highest BCUT2D eigenvalue weighted by atomic mass is 79.9. The molecule has 0 spiro atoms. The van der Waals surface area contributed by atoms with E-state index in [0.717, 1.165) is 10.2 Å². The van der Waals surface area contributed by atoms with Gasteiger partial charge >= 0.3 is 5.97 Å². The molecule has 0 radical (unpaired) electrons. The van der Waals surface area contributed by atoms with Crippen LogP contribution in [0.3, 0.4) is 0 Å². The number of hydrogen-bond donors (Lipinski definition) is 2. The van der Waals surface area contributed by atoms with Crippen LogP contribution in [0.25, 0.3) is 0 Å². The lowest BCUT2D eigenvalue weighted by molar-refractivity contribution is -0.137. The van der Waals surface area contributed by atoms with E-state index in [1.165, 1.54) is 0 Å². The van der Waals surface area contributed by atoms with Gasteiger partial charge in [-0.25, -0.2) is 4.98 Å². The molecule has 0 amide bonds. The Hall–Kier alpha value is -1.33. The van der Waals surface area contributed by atoms with Gasteiger partial charge in [0, 0.05) is 5.02 Å². The molecule has 2 rings (SSSR count). The number of benzene rings is 1. The Balaban J connectivity index is 2.36. The fourth-order valence-corrected chi connectivity index (χ4v) is 2.16. The third-order valence-electron chi connectivity index (χ3n) is 2.55. The zero-order valence-electron chi connectivity index (χ0n) is 9.23. The van der Waals surface area contributed by atoms with Crippen molar-refractivity contribution in [1.29, 1.82) is 0 Å². The largest absolute Gasteiger partial charge is 0.481 e. The molecule has 0 saturated heterocycles. The summed E-state index contributed by atoms with van der Waals surface area (Å²) in [7, 11) is 0. The lowest BCUT2D eigenvalue weighted by atomic mass is 9.95. The molecular weight excluding hydrogens is 320 g/mol. The number of halogens is 2. The summed E-state index contributed by atoms with van der Waals surface area (Å²) in [4.78, 5) is 18.1. The number of hydrogen-bond acceptors (Lipinski definition) is 2. The number of H-pyrrole nitrogens is 1. The molecule has 2 aromatic rings. The molecule has 0 bridgehead atoms. The molecule has 0 aliphatic rings. The lowest BCUT2D eigenvalue weighted by Crippen LogP contribution is -2.09. The van der Waals surface area contributed by atoms with Crippen LogP contribution >= 0.6 is 27.5 Å². The van der Waals surface area contributed by atoms with Gasteiger partial charge in [0.2, 0.25) is 0 Å². The second kappa shape index (κ2) is 5.54. The van der Waals surface area contributed by atoms with Crippen LogP contribution in [0, 0.1) is 0 Å². The summed E-state index contributed by atoms with van der Waals surface area (Å²) >= 11 is 9.09.